The van der Waals surface area contributed by atoms with Crippen LogP contribution in [0.2, 0.25) is 0 Å². The molecule has 0 saturated heterocycles. The van der Waals surface area contributed by atoms with Gasteiger partial charge in [0.1, 0.15) is 11.4 Å². The molecule has 1 aromatic carbocycles. The highest BCUT2D eigenvalue weighted by atomic mass is 16.5. The summed E-state index contributed by atoms with van der Waals surface area (Å²) in [6.45, 7) is 3.20. The van der Waals surface area contributed by atoms with Crippen LogP contribution < -0.4 is 21.9 Å². The minimum atomic E-state index is -0.758. The Morgan fingerprint density at radius 3 is 2.81 bits per heavy atom. The summed E-state index contributed by atoms with van der Waals surface area (Å²) in [5, 5.41) is 0. The number of methoxy groups -OCH3 is 1. The number of rotatable bonds is 6. The first-order chi connectivity index (χ1) is 12.4. The topological polar surface area (TPSA) is 110 Å². The van der Waals surface area contributed by atoms with Gasteiger partial charge in [-0.05, 0) is 11.6 Å². The number of benzene rings is 1. The second-order valence-electron chi connectivity index (χ2n) is 6.43. The van der Waals surface area contributed by atoms with Crippen LogP contribution in [0.4, 0.5) is 11.5 Å². The van der Waals surface area contributed by atoms with Crippen LogP contribution in [0.5, 0.6) is 0 Å². The predicted molar refractivity (Wildman–Crippen MR) is 99.0 cm³/mol. The molecule has 1 aliphatic heterocycles. The van der Waals surface area contributed by atoms with Gasteiger partial charge in [0.25, 0.3) is 5.56 Å². The lowest BCUT2D eigenvalue weighted by Crippen LogP contribution is -2.39. The molecule has 1 aromatic heterocycles. The number of carbonyl (C=O) groups excluding carboxylic acids is 1. The molecule has 3 rings (SSSR count). The number of Topliss-reactive ketones (excluding diaryl/α,β-unsaturated/α-hetero) is 1. The smallest absolute Gasteiger partial charge is 0.330 e. The minimum Gasteiger partial charge on any atom is -0.384 e. The summed E-state index contributed by atoms with van der Waals surface area (Å²) in [4.78, 5) is 41.0. The second kappa shape index (κ2) is 7.17. The van der Waals surface area contributed by atoms with Crippen molar-refractivity contribution < 1.29 is 9.53 Å². The van der Waals surface area contributed by atoms with Gasteiger partial charge in [-0.15, -0.1) is 0 Å². The Morgan fingerprint density at radius 1 is 1.35 bits per heavy atom. The molecule has 1 aliphatic rings. The number of carbonyl (C=O) groups is 1. The quantitative estimate of drug-likeness (QED) is 0.731. The first kappa shape index (κ1) is 17.9. The zero-order valence-electron chi connectivity index (χ0n) is 14.8. The van der Waals surface area contributed by atoms with Crippen molar-refractivity contribution in [3.8, 4) is 0 Å². The van der Waals surface area contributed by atoms with Gasteiger partial charge in [0.15, 0.2) is 5.78 Å². The molecule has 0 radical (unpaired) electrons. The number of anilines is 2. The van der Waals surface area contributed by atoms with Gasteiger partial charge in [0.2, 0.25) is 0 Å². The summed E-state index contributed by atoms with van der Waals surface area (Å²) < 4.78 is 6.10. The van der Waals surface area contributed by atoms with Crippen LogP contribution in [0.1, 0.15) is 28.8 Å². The maximum absolute atomic E-state index is 12.8. The average Bonchev–Trinajstić information content (AvgIpc) is 2.91. The van der Waals surface area contributed by atoms with E-state index in [-0.39, 0.29) is 31.1 Å². The van der Waals surface area contributed by atoms with Crippen molar-refractivity contribution in [2.24, 2.45) is 0 Å². The molecule has 2 aromatic rings. The lowest BCUT2D eigenvalue weighted by molar-refractivity contribution is 0.0997. The Kier molecular flexibility index (Phi) is 4.94. The molecule has 0 amide bonds. The lowest BCUT2D eigenvalue weighted by atomic mass is 10.0. The zero-order chi connectivity index (χ0) is 18.8. The predicted octanol–water partition coefficient (Wildman–Crippen LogP) is 0.572. The Balaban J connectivity index is 1.92. The van der Waals surface area contributed by atoms with Crippen LogP contribution in [0.15, 0.2) is 33.9 Å². The molecule has 0 aliphatic carbocycles. The fourth-order valence-corrected chi connectivity index (χ4v) is 3.38. The highest BCUT2D eigenvalue weighted by Gasteiger charge is 2.28. The third-order valence-corrected chi connectivity index (χ3v) is 4.67. The van der Waals surface area contributed by atoms with Crippen molar-refractivity contribution in [2.45, 2.75) is 19.4 Å². The molecule has 0 bridgehead atoms. The standard InChI is InChI=1S/C18H22N4O4/c1-11-9-21(13-6-4-3-5-12(11)13)10-14(23)15-16(19)22(7-8-26-2)18(25)20-17(15)24/h3-6,11H,7-10,19H2,1-2H3,(H,20,24,25). The van der Waals surface area contributed by atoms with E-state index in [1.807, 2.05) is 29.2 Å². The summed E-state index contributed by atoms with van der Waals surface area (Å²) in [7, 11) is 1.49. The molecule has 8 heteroatoms. The summed E-state index contributed by atoms with van der Waals surface area (Å²) in [6, 6.07) is 7.88. The van der Waals surface area contributed by atoms with E-state index in [9.17, 15) is 14.4 Å². The number of ether oxygens (including phenoxy) is 1. The number of fused-ring (bicyclic) bond motifs is 1. The van der Waals surface area contributed by atoms with Crippen molar-refractivity contribution in [3.63, 3.8) is 0 Å². The van der Waals surface area contributed by atoms with Crippen molar-refractivity contribution in [1.29, 1.82) is 0 Å². The van der Waals surface area contributed by atoms with Crippen molar-refractivity contribution in [1.82, 2.24) is 9.55 Å². The van der Waals surface area contributed by atoms with Gasteiger partial charge >= 0.3 is 5.69 Å². The van der Waals surface area contributed by atoms with E-state index in [1.54, 1.807) is 0 Å². The molecule has 26 heavy (non-hydrogen) atoms. The highest BCUT2D eigenvalue weighted by molar-refractivity contribution is 6.02. The first-order valence-corrected chi connectivity index (χ1v) is 8.42. The van der Waals surface area contributed by atoms with E-state index >= 15 is 0 Å². The number of para-hydroxylation sites is 1. The maximum Gasteiger partial charge on any atom is 0.330 e. The van der Waals surface area contributed by atoms with Crippen LogP contribution in [0.25, 0.3) is 0 Å². The first-order valence-electron chi connectivity index (χ1n) is 8.42. The molecule has 1 unspecified atom stereocenters. The number of nitrogens with two attached hydrogens (primary N) is 1. The minimum absolute atomic E-state index is 0.0249. The third kappa shape index (κ3) is 3.15. The van der Waals surface area contributed by atoms with Gasteiger partial charge in [-0.3, -0.25) is 19.1 Å². The summed E-state index contributed by atoms with van der Waals surface area (Å²) in [6.07, 6.45) is 0. The van der Waals surface area contributed by atoms with Gasteiger partial charge in [0.05, 0.1) is 19.7 Å². The monoisotopic (exact) mass is 358 g/mol. The Bertz CT molecular complexity index is 947. The van der Waals surface area contributed by atoms with Gasteiger partial charge in [-0.2, -0.15) is 0 Å². The van der Waals surface area contributed by atoms with E-state index in [0.717, 1.165) is 10.3 Å². The fraction of sp³-hybridized carbons (Fsp3) is 0.389. The summed E-state index contributed by atoms with van der Waals surface area (Å²) in [5.74, 6) is -0.245. The Morgan fingerprint density at radius 2 is 2.08 bits per heavy atom. The number of hydrogen-bond acceptors (Lipinski definition) is 6. The highest BCUT2D eigenvalue weighted by Crippen LogP contribution is 2.35. The lowest BCUT2D eigenvalue weighted by Gasteiger charge is -2.19. The van der Waals surface area contributed by atoms with E-state index in [2.05, 4.69) is 11.9 Å². The molecule has 0 spiro atoms. The number of nitrogens with one attached hydrogen (secondary N) is 1. The van der Waals surface area contributed by atoms with E-state index in [1.165, 1.54) is 12.7 Å². The van der Waals surface area contributed by atoms with Crippen LogP contribution in [0.3, 0.4) is 0 Å². The molecule has 1 atom stereocenters. The van der Waals surface area contributed by atoms with E-state index in [4.69, 9.17) is 10.5 Å². The van der Waals surface area contributed by atoms with Gasteiger partial charge in [-0.1, -0.05) is 25.1 Å². The molecule has 3 N–H and O–H groups in total. The fourth-order valence-electron chi connectivity index (χ4n) is 3.38. The number of H-pyrrole nitrogens is 1. The number of aromatic nitrogens is 2. The number of nitrogen functional groups attached to an aromatic ring is 1. The van der Waals surface area contributed by atoms with Crippen LogP contribution in [-0.4, -0.2) is 42.1 Å². The molecule has 8 nitrogen and oxygen atoms in total. The molecule has 0 fully saturated rings. The number of nitrogens with zero attached hydrogens (tertiary/aromatic N) is 2. The SMILES string of the molecule is COCCn1c(N)c(C(=O)CN2CC(C)c3ccccc32)c(=O)[nH]c1=O. The summed E-state index contributed by atoms with van der Waals surface area (Å²) >= 11 is 0. The average molecular weight is 358 g/mol. The van der Waals surface area contributed by atoms with Crippen LogP contribution in [-0.2, 0) is 11.3 Å². The number of hydrogen-bond donors (Lipinski definition) is 2. The van der Waals surface area contributed by atoms with Gasteiger partial charge in [0, 0.05) is 25.3 Å². The normalized spacial score (nSPS) is 15.9. The molecule has 2 heterocycles. The van der Waals surface area contributed by atoms with Gasteiger partial charge < -0.3 is 15.4 Å². The molecule has 138 valence electrons. The van der Waals surface area contributed by atoms with Gasteiger partial charge in [-0.25, -0.2) is 4.79 Å². The van der Waals surface area contributed by atoms with Crippen LogP contribution >= 0.6 is 0 Å². The molecular formula is C18H22N4O4. The Hall–Kier alpha value is -2.87. The van der Waals surface area contributed by atoms with Crippen LogP contribution in [0, 0.1) is 0 Å². The largest absolute Gasteiger partial charge is 0.384 e. The number of ketones is 1. The van der Waals surface area contributed by atoms with Crippen molar-refractivity contribution >= 4 is 17.3 Å². The maximum atomic E-state index is 12.8. The number of aromatic amines is 1. The van der Waals surface area contributed by atoms with Crippen molar-refractivity contribution in [2.75, 3.05) is 37.4 Å². The second-order valence-corrected chi connectivity index (χ2v) is 6.43. The van der Waals surface area contributed by atoms with Crippen molar-refractivity contribution in [3.05, 3.63) is 56.2 Å². The third-order valence-electron chi connectivity index (χ3n) is 4.67. The summed E-state index contributed by atoms with van der Waals surface area (Å²) in [5.41, 5.74) is 6.53. The van der Waals surface area contributed by atoms with E-state index in [0.29, 0.717) is 12.5 Å². The Labute approximate surface area is 150 Å². The van der Waals surface area contributed by atoms with E-state index < -0.39 is 17.0 Å². The zero-order valence-corrected chi connectivity index (χ0v) is 14.8. The molecular weight excluding hydrogens is 336 g/mol. The molecule has 0 saturated carbocycles.